The molecule has 0 saturated carbocycles. The first-order valence-electron chi connectivity index (χ1n) is 9.15. The molecule has 30 heavy (non-hydrogen) atoms. The number of para-hydroxylation sites is 1. The molecule has 146 valence electrons. The highest BCUT2D eigenvalue weighted by Crippen LogP contribution is 2.29. The van der Waals surface area contributed by atoms with Gasteiger partial charge in [-0.2, -0.15) is 10.2 Å². The summed E-state index contributed by atoms with van der Waals surface area (Å²) in [6, 6.07) is 18.4. The number of aryl methyl sites for hydroxylation is 1. The highest BCUT2D eigenvalue weighted by Gasteiger charge is 2.17. The third-order valence-electron chi connectivity index (χ3n) is 4.67. The maximum absolute atomic E-state index is 12.6. The maximum atomic E-state index is 12.6. The highest BCUT2D eigenvalue weighted by atomic mass is 79.9. The number of halogens is 1. The monoisotopic (exact) mass is 459 g/mol. The molecule has 0 N–H and O–H groups in total. The number of azo groups is 1. The maximum Gasteiger partial charge on any atom is 0.345 e. The van der Waals surface area contributed by atoms with Crippen molar-refractivity contribution in [3.8, 4) is 11.3 Å². The van der Waals surface area contributed by atoms with Gasteiger partial charge in [-0.05, 0) is 49.4 Å². The van der Waals surface area contributed by atoms with Gasteiger partial charge in [-0.1, -0.05) is 34.1 Å². The van der Waals surface area contributed by atoms with E-state index >= 15 is 0 Å². The van der Waals surface area contributed by atoms with Crippen LogP contribution >= 0.6 is 15.9 Å². The Balaban J connectivity index is 1.66. The predicted octanol–water partition coefficient (Wildman–Crippen LogP) is 5.99. The molecule has 7 nitrogen and oxygen atoms in total. The Labute approximate surface area is 178 Å². The van der Waals surface area contributed by atoms with Gasteiger partial charge in [0.25, 0.3) is 0 Å². The zero-order chi connectivity index (χ0) is 20.7. The van der Waals surface area contributed by atoms with E-state index in [0.29, 0.717) is 39.6 Å². The fourth-order valence-electron chi connectivity index (χ4n) is 3.22. The Kier molecular flexibility index (Phi) is 4.48. The third-order valence-corrected chi connectivity index (χ3v) is 5.20. The van der Waals surface area contributed by atoms with Crippen molar-refractivity contribution in [2.75, 3.05) is 0 Å². The second kappa shape index (κ2) is 7.31. The van der Waals surface area contributed by atoms with Crippen molar-refractivity contribution in [2.45, 2.75) is 6.92 Å². The van der Waals surface area contributed by atoms with Crippen molar-refractivity contribution in [1.82, 2.24) is 14.6 Å². The Morgan fingerprint density at radius 3 is 2.67 bits per heavy atom. The van der Waals surface area contributed by atoms with E-state index in [1.807, 2.05) is 49.4 Å². The lowest BCUT2D eigenvalue weighted by atomic mass is 10.1. The number of hydrogen-bond donors (Lipinski definition) is 0. The van der Waals surface area contributed by atoms with Gasteiger partial charge in [0.1, 0.15) is 5.58 Å². The van der Waals surface area contributed by atoms with Gasteiger partial charge >= 0.3 is 5.63 Å². The molecule has 5 aromatic rings. The van der Waals surface area contributed by atoms with Crippen LogP contribution in [-0.4, -0.2) is 14.6 Å². The number of benzene rings is 2. The van der Waals surface area contributed by atoms with Crippen LogP contribution in [0.3, 0.4) is 0 Å². The van der Waals surface area contributed by atoms with Crippen LogP contribution in [0.5, 0.6) is 0 Å². The van der Waals surface area contributed by atoms with E-state index in [-0.39, 0.29) is 0 Å². The largest absolute Gasteiger partial charge is 0.422 e. The molecule has 0 radical (unpaired) electrons. The van der Waals surface area contributed by atoms with Gasteiger partial charge in [-0.15, -0.1) is 5.11 Å². The van der Waals surface area contributed by atoms with Gasteiger partial charge in [0, 0.05) is 16.1 Å². The third kappa shape index (κ3) is 3.21. The number of rotatable bonds is 3. The lowest BCUT2D eigenvalue weighted by Crippen LogP contribution is -2.07. The SMILES string of the molecule is Cc1nn2c(-c3cc4ccccc4oc3=O)ccnc2c1N=Nc1ccc(Br)cc1. The number of nitrogens with zero attached hydrogens (tertiary/aromatic N) is 5. The van der Waals surface area contributed by atoms with Crippen LogP contribution in [0.25, 0.3) is 27.9 Å². The van der Waals surface area contributed by atoms with E-state index in [0.717, 1.165) is 9.86 Å². The van der Waals surface area contributed by atoms with Crippen LogP contribution in [0.2, 0.25) is 0 Å². The smallest absolute Gasteiger partial charge is 0.345 e. The number of hydrogen-bond acceptors (Lipinski definition) is 6. The Hall–Kier alpha value is -3.65. The van der Waals surface area contributed by atoms with Crippen molar-refractivity contribution < 1.29 is 4.42 Å². The molecule has 2 aromatic carbocycles. The Morgan fingerprint density at radius 2 is 1.83 bits per heavy atom. The van der Waals surface area contributed by atoms with Crippen LogP contribution in [0.4, 0.5) is 11.4 Å². The van der Waals surface area contributed by atoms with Gasteiger partial charge in [-0.3, -0.25) is 0 Å². The molecule has 0 atom stereocenters. The normalized spacial score (nSPS) is 11.7. The van der Waals surface area contributed by atoms with Crippen molar-refractivity contribution in [2.24, 2.45) is 10.2 Å². The standard InChI is InChI=1S/C22H14BrN5O2/c1-13-20(26-25-16-8-6-15(23)7-9-16)21-24-11-10-18(28(21)27-13)17-12-14-4-2-3-5-19(14)30-22(17)29/h2-12H,1H3. The molecule has 0 amide bonds. The lowest BCUT2D eigenvalue weighted by Gasteiger charge is -2.04. The summed E-state index contributed by atoms with van der Waals surface area (Å²) in [5, 5.41) is 14.0. The fraction of sp³-hybridized carbons (Fsp3) is 0.0455. The van der Waals surface area contributed by atoms with E-state index in [1.54, 1.807) is 28.9 Å². The molecule has 3 heterocycles. The predicted molar refractivity (Wildman–Crippen MR) is 118 cm³/mol. The van der Waals surface area contributed by atoms with E-state index in [4.69, 9.17) is 4.42 Å². The summed E-state index contributed by atoms with van der Waals surface area (Å²) >= 11 is 3.40. The Morgan fingerprint density at radius 1 is 1.03 bits per heavy atom. The molecule has 0 saturated heterocycles. The summed E-state index contributed by atoms with van der Waals surface area (Å²) in [7, 11) is 0. The summed E-state index contributed by atoms with van der Waals surface area (Å²) in [6.45, 7) is 1.83. The first-order chi connectivity index (χ1) is 14.6. The van der Waals surface area contributed by atoms with Crippen molar-refractivity contribution in [3.05, 3.63) is 87.4 Å². The second-order valence-corrected chi connectivity index (χ2v) is 7.58. The average molecular weight is 460 g/mol. The molecule has 0 spiro atoms. The minimum absolute atomic E-state index is 0.403. The molecule has 0 unspecified atom stereocenters. The molecule has 0 aliphatic carbocycles. The van der Waals surface area contributed by atoms with Crippen LogP contribution < -0.4 is 5.63 Å². The topological polar surface area (TPSA) is 85.1 Å². The van der Waals surface area contributed by atoms with E-state index in [2.05, 4.69) is 36.2 Å². The molecule has 3 aromatic heterocycles. The summed E-state index contributed by atoms with van der Waals surface area (Å²) < 4.78 is 8.06. The van der Waals surface area contributed by atoms with Gasteiger partial charge < -0.3 is 4.42 Å². The number of aromatic nitrogens is 3. The molecule has 8 heteroatoms. The Bertz CT molecular complexity index is 1490. The van der Waals surface area contributed by atoms with Gasteiger partial charge in [0.2, 0.25) is 0 Å². The molecule has 0 aliphatic rings. The quantitative estimate of drug-likeness (QED) is 0.245. The molecular weight excluding hydrogens is 446 g/mol. The van der Waals surface area contributed by atoms with Crippen LogP contribution in [-0.2, 0) is 0 Å². The van der Waals surface area contributed by atoms with Crippen molar-refractivity contribution in [3.63, 3.8) is 0 Å². The van der Waals surface area contributed by atoms with Crippen LogP contribution in [0.1, 0.15) is 5.69 Å². The van der Waals surface area contributed by atoms with Crippen molar-refractivity contribution >= 4 is 43.9 Å². The zero-order valence-electron chi connectivity index (χ0n) is 15.8. The van der Waals surface area contributed by atoms with Gasteiger partial charge in [-0.25, -0.2) is 14.3 Å². The highest BCUT2D eigenvalue weighted by molar-refractivity contribution is 9.10. The van der Waals surface area contributed by atoms with Crippen molar-refractivity contribution in [1.29, 1.82) is 0 Å². The second-order valence-electron chi connectivity index (χ2n) is 6.66. The van der Waals surface area contributed by atoms with E-state index in [1.165, 1.54) is 0 Å². The zero-order valence-corrected chi connectivity index (χ0v) is 17.4. The molecule has 0 aliphatic heterocycles. The number of fused-ring (bicyclic) bond motifs is 2. The average Bonchev–Trinajstić information content (AvgIpc) is 3.08. The summed E-state index contributed by atoms with van der Waals surface area (Å²) in [4.78, 5) is 17.0. The molecular formula is C22H14BrN5O2. The summed E-state index contributed by atoms with van der Waals surface area (Å²) in [5.74, 6) is 0. The van der Waals surface area contributed by atoms with Gasteiger partial charge in [0.05, 0.1) is 22.6 Å². The molecule has 5 rings (SSSR count). The summed E-state index contributed by atoms with van der Waals surface area (Å²) in [5.41, 5.74) is 3.50. The van der Waals surface area contributed by atoms with E-state index < -0.39 is 5.63 Å². The lowest BCUT2D eigenvalue weighted by molar-refractivity contribution is 0.562. The van der Waals surface area contributed by atoms with E-state index in [9.17, 15) is 4.79 Å². The first kappa shape index (κ1) is 18.4. The first-order valence-corrected chi connectivity index (χ1v) is 9.94. The fourth-order valence-corrected chi connectivity index (χ4v) is 3.48. The minimum atomic E-state index is -0.438. The van der Waals surface area contributed by atoms with Crippen LogP contribution in [0.15, 0.2) is 90.8 Å². The molecule has 0 bridgehead atoms. The summed E-state index contributed by atoms with van der Waals surface area (Å²) in [6.07, 6.45) is 1.62. The van der Waals surface area contributed by atoms with Crippen LogP contribution in [0, 0.1) is 6.92 Å². The van der Waals surface area contributed by atoms with Gasteiger partial charge in [0.15, 0.2) is 11.3 Å². The minimum Gasteiger partial charge on any atom is -0.422 e. The molecule has 0 fully saturated rings.